The van der Waals surface area contributed by atoms with Gasteiger partial charge in [0.25, 0.3) is 0 Å². The number of hydrogen-bond acceptors (Lipinski definition) is 5. The molecule has 2 rings (SSSR count). The van der Waals surface area contributed by atoms with Crippen LogP contribution in [0.1, 0.15) is 56.2 Å². The summed E-state index contributed by atoms with van der Waals surface area (Å²) in [7, 11) is 1.61. The van der Waals surface area contributed by atoms with Crippen LogP contribution in [0.15, 0.2) is 59.8 Å². The van der Waals surface area contributed by atoms with Gasteiger partial charge in [-0.15, -0.1) is 0 Å². The molecule has 0 aliphatic carbocycles. The van der Waals surface area contributed by atoms with Gasteiger partial charge in [0.1, 0.15) is 30.9 Å². The zero-order valence-corrected chi connectivity index (χ0v) is 21.7. The SMILES string of the molecule is C/C=C/COc1cc(C)c(OCCCCCCN(CC)C/C(=N/OC)c2ccccc2)c(C)c1. The summed E-state index contributed by atoms with van der Waals surface area (Å²) in [4.78, 5) is 7.52. The lowest BCUT2D eigenvalue weighted by molar-refractivity contribution is 0.210. The smallest absolute Gasteiger partial charge is 0.125 e. The molecule has 0 saturated heterocycles. The van der Waals surface area contributed by atoms with E-state index in [9.17, 15) is 0 Å². The fraction of sp³-hybridized carbons (Fsp3) is 0.483. The lowest BCUT2D eigenvalue weighted by Crippen LogP contribution is -2.31. The lowest BCUT2D eigenvalue weighted by Gasteiger charge is -2.21. The van der Waals surface area contributed by atoms with E-state index in [1.165, 1.54) is 12.8 Å². The van der Waals surface area contributed by atoms with Crippen LogP contribution in [-0.4, -0.2) is 50.6 Å². The van der Waals surface area contributed by atoms with Crippen LogP contribution in [0.2, 0.25) is 0 Å². The van der Waals surface area contributed by atoms with Crippen LogP contribution in [0.3, 0.4) is 0 Å². The minimum atomic E-state index is 0.595. The van der Waals surface area contributed by atoms with E-state index in [0.29, 0.717) is 6.61 Å². The maximum atomic E-state index is 6.12. The largest absolute Gasteiger partial charge is 0.493 e. The summed E-state index contributed by atoms with van der Waals surface area (Å²) in [6.07, 6.45) is 8.58. The predicted molar refractivity (Wildman–Crippen MR) is 142 cm³/mol. The van der Waals surface area contributed by atoms with E-state index in [4.69, 9.17) is 14.3 Å². The first-order valence-corrected chi connectivity index (χ1v) is 12.4. The molecule has 34 heavy (non-hydrogen) atoms. The van der Waals surface area contributed by atoms with Crippen molar-refractivity contribution in [2.24, 2.45) is 5.16 Å². The van der Waals surface area contributed by atoms with Crippen molar-refractivity contribution < 1.29 is 14.3 Å². The van der Waals surface area contributed by atoms with Crippen LogP contribution < -0.4 is 9.47 Å². The van der Waals surface area contributed by atoms with Gasteiger partial charge in [-0.05, 0) is 70.0 Å². The van der Waals surface area contributed by atoms with Crippen LogP contribution in [0.5, 0.6) is 11.5 Å². The Hall–Kier alpha value is -2.79. The third kappa shape index (κ3) is 9.60. The van der Waals surface area contributed by atoms with E-state index in [2.05, 4.69) is 55.1 Å². The maximum absolute atomic E-state index is 6.12. The summed E-state index contributed by atoms with van der Waals surface area (Å²) < 4.78 is 11.9. The first-order chi connectivity index (χ1) is 16.6. The molecule has 0 heterocycles. The second-order valence-corrected chi connectivity index (χ2v) is 8.48. The number of aryl methyl sites for hydroxylation is 2. The number of allylic oxidation sites excluding steroid dienone is 1. The van der Waals surface area contributed by atoms with Crippen molar-refractivity contribution in [3.8, 4) is 11.5 Å². The zero-order valence-electron chi connectivity index (χ0n) is 21.7. The summed E-state index contributed by atoms with van der Waals surface area (Å²) in [6.45, 7) is 12.5. The van der Waals surface area contributed by atoms with E-state index < -0.39 is 0 Å². The Morgan fingerprint density at radius 1 is 0.971 bits per heavy atom. The standard InChI is InChI=1S/C29H42N2O3/c1-6-8-19-33-27-21-24(3)29(25(4)22-27)34-20-15-10-9-14-18-31(7-2)23-28(30-32-5)26-16-12-11-13-17-26/h6,8,11-13,16-17,21-22H,7,9-10,14-15,18-20,23H2,1-5H3/b8-6+,30-28-. The van der Waals surface area contributed by atoms with E-state index in [1.807, 2.05) is 37.3 Å². The molecule has 0 fully saturated rings. The van der Waals surface area contributed by atoms with Gasteiger partial charge in [0.2, 0.25) is 0 Å². The Morgan fingerprint density at radius 3 is 2.32 bits per heavy atom. The topological polar surface area (TPSA) is 43.3 Å². The normalized spacial score (nSPS) is 11.9. The van der Waals surface area contributed by atoms with E-state index in [1.54, 1.807) is 7.11 Å². The van der Waals surface area contributed by atoms with Gasteiger partial charge in [0.15, 0.2) is 0 Å². The van der Waals surface area contributed by atoms with Crippen molar-refractivity contribution in [3.05, 3.63) is 71.3 Å². The van der Waals surface area contributed by atoms with Crippen LogP contribution in [0.25, 0.3) is 0 Å². The molecule has 0 atom stereocenters. The van der Waals surface area contributed by atoms with E-state index >= 15 is 0 Å². The van der Waals surface area contributed by atoms with Crippen LogP contribution in [0, 0.1) is 13.8 Å². The third-order valence-electron chi connectivity index (χ3n) is 5.76. The minimum absolute atomic E-state index is 0.595. The summed E-state index contributed by atoms with van der Waals surface area (Å²) in [6, 6.07) is 14.4. The Kier molecular flexibility index (Phi) is 12.9. The van der Waals surface area contributed by atoms with Gasteiger partial charge in [-0.1, -0.05) is 67.4 Å². The van der Waals surface area contributed by atoms with Gasteiger partial charge < -0.3 is 14.3 Å². The Bertz CT molecular complexity index is 870. The van der Waals surface area contributed by atoms with E-state index in [-0.39, 0.29) is 0 Å². The molecule has 186 valence electrons. The molecule has 0 radical (unpaired) electrons. The highest BCUT2D eigenvalue weighted by Crippen LogP contribution is 2.28. The third-order valence-corrected chi connectivity index (χ3v) is 5.76. The molecular formula is C29H42N2O3. The Labute approximate surface area is 206 Å². The molecular weight excluding hydrogens is 424 g/mol. The van der Waals surface area contributed by atoms with Gasteiger partial charge in [-0.2, -0.15) is 0 Å². The van der Waals surface area contributed by atoms with E-state index in [0.717, 1.165) is 73.0 Å². The number of nitrogens with zero attached hydrogens (tertiary/aromatic N) is 2. The highest BCUT2D eigenvalue weighted by Gasteiger charge is 2.11. The Morgan fingerprint density at radius 2 is 1.68 bits per heavy atom. The highest BCUT2D eigenvalue weighted by atomic mass is 16.6. The number of rotatable bonds is 16. The first kappa shape index (κ1) is 27.5. The highest BCUT2D eigenvalue weighted by molar-refractivity contribution is 6.01. The van der Waals surface area contributed by atoms with Gasteiger partial charge in [0.05, 0.1) is 6.61 Å². The molecule has 0 spiro atoms. The van der Waals surface area contributed by atoms with Crippen molar-refractivity contribution in [2.75, 3.05) is 40.0 Å². The number of hydrogen-bond donors (Lipinski definition) is 0. The molecule has 2 aromatic carbocycles. The second-order valence-electron chi connectivity index (χ2n) is 8.48. The fourth-order valence-corrected chi connectivity index (χ4v) is 3.90. The number of ether oxygens (including phenoxy) is 2. The Balaban J connectivity index is 1.70. The molecule has 0 unspecified atom stereocenters. The average molecular weight is 467 g/mol. The molecule has 0 aromatic heterocycles. The van der Waals surface area contributed by atoms with Crippen LogP contribution in [-0.2, 0) is 4.84 Å². The summed E-state index contributed by atoms with van der Waals surface area (Å²) in [5.41, 5.74) is 4.34. The predicted octanol–water partition coefficient (Wildman–Crippen LogP) is 6.57. The molecule has 2 aromatic rings. The number of oxime groups is 1. The summed E-state index contributed by atoms with van der Waals surface area (Å²) in [5, 5.41) is 4.27. The molecule has 0 aliphatic rings. The maximum Gasteiger partial charge on any atom is 0.125 e. The molecule has 0 aliphatic heterocycles. The lowest BCUT2D eigenvalue weighted by atomic mass is 10.1. The molecule has 5 heteroatoms. The number of benzene rings is 2. The van der Waals surface area contributed by atoms with Gasteiger partial charge >= 0.3 is 0 Å². The van der Waals surface area contributed by atoms with Crippen molar-refractivity contribution >= 4 is 5.71 Å². The second kappa shape index (κ2) is 15.9. The number of likely N-dealkylation sites (N-methyl/N-ethyl adjacent to an activating group) is 1. The molecule has 0 amide bonds. The molecule has 0 saturated carbocycles. The van der Waals surface area contributed by atoms with Crippen LogP contribution >= 0.6 is 0 Å². The monoisotopic (exact) mass is 466 g/mol. The minimum Gasteiger partial charge on any atom is -0.493 e. The summed E-state index contributed by atoms with van der Waals surface area (Å²) >= 11 is 0. The summed E-state index contributed by atoms with van der Waals surface area (Å²) in [5.74, 6) is 1.88. The number of unbranched alkanes of at least 4 members (excludes halogenated alkanes) is 3. The van der Waals surface area contributed by atoms with Crippen LogP contribution in [0.4, 0.5) is 0 Å². The van der Waals surface area contributed by atoms with Gasteiger partial charge in [-0.3, -0.25) is 4.90 Å². The molecule has 0 bridgehead atoms. The zero-order chi connectivity index (χ0) is 24.6. The molecule has 5 nitrogen and oxygen atoms in total. The van der Waals surface area contributed by atoms with Crippen molar-refractivity contribution in [2.45, 2.75) is 53.4 Å². The fourth-order valence-electron chi connectivity index (χ4n) is 3.90. The first-order valence-electron chi connectivity index (χ1n) is 12.4. The van der Waals surface area contributed by atoms with Gasteiger partial charge in [-0.25, -0.2) is 0 Å². The van der Waals surface area contributed by atoms with Gasteiger partial charge in [0, 0.05) is 12.1 Å². The van der Waals surface area contributed by atoms with Crippen molar-refractivity contribution in [1.29, 1.82) is 0 Å². The molecule has 0 N–H and O–H groups in total. The average Bonchev–Trinajstić information content (AvgIpc) is 2.84. The van der Waals surface area contributed by atoms with Crippen molar-refractivity contribution in [3.63, 3.8) is 0 Å². The van der Waals surface area contributed by atoms with Crippen molar-refractivity contribution in [1.82, 2.24) is 4.90 Å². The quantitative estimate of drug-likeness (QED) is 0.121.